The molecular formula is C14H18ClNO3. The number of hydrogen-bond acceptors (Lipinski definition) is 3. The zero-order valence-corrected chi connectivity index (χ0v) is 11.9. The van der Waals surface area contributed by atoms with E-state index in [2.05, 4.69) is 5.32 Å². The van der Waals surface area contributed by atoms with Crippen LogP contribution in [-0.2, 0) is 0 Å². The van der Waals surface area contributed by atoms with Gasteiger partial charge in [0.1, 0.15) is 11.5 Å². The molecule has 0 radical (unpaired) electrons. The molecule has 0 aromatic heterocycles. The SMILES string of the molecule is COc1ccc(C(=O)NC2CCCC2Cl)c(OC)c1. The van der Waals surface area contributed by atoms with Gasteiger partial charge in [-0.3, -0.25) is 4.79 Å². The van der Waals surface area contributed by atoms with Gasteiger partial charge in [-0.2, -0.15) is 0 Å². The fourth-order valence-corrected chi connectivity index (χ4v) is 2.65. The van der Waals surface area contributed by atoms with Gasteiger partial charge in [0.25, 0.3) is 5.91 Å². The molecule has 0 aliphatic heterocycles. The number of rotatable bonds is 4. The standard InChI is InChI=1S/C14H18ClNO3/c1-18-9-6-7-10(13(8-9)19-2)14(17)16-12-5-3-4-11(12)15/h6-8,11-12H,3-5H2,1-2H3,(H,16,17). The van der Waals surface area contributed by atoms with Gasteiger partial charge in [0, 0.05) is 12.1 Å². The smallest absolute Gasteiger partial charge is 0.255 e. The number of benzene rings is 1. The van der Waals surface area contributed by atoms with Crippen LogP contribution in [0.3, 0.4) is 0 Å². The second kappa shape index (κ2) is 6.15. The van der Waals surface area contributed by atoms with E-state index in [1.54, 1.807) is 25.3 Å². The molecular weight excluding hydrogens is 266 g/mol. The molecule has 1 fully saturated rings. The fraction of sp³-hybridized carbons (Fsp3) is 0.500. The highest BCUT2D eigenvalue weighted by molar-refractivity contribution is 6.21. The quantitative estimate of drug-likeness (QED) is 0.864. The van der Waals surface area contributed by atoms with Crippen LogP contribution in [0.5, 0.6) is 11.5 Å². The number of amides is 1. The summed E-state index contributed by atoms with van der Waals surface area (Å²) in [5.74, 6) is 1.00. The van der Waals surface area contributed by atoms with E-state index >= 15 is 0 Å². The summed E-state index contributed by atoms with van der Waals surface area (Å²) in [4.78, 5) is 12.2. The maximum Gasteiger partial charge on any atom is 0.255 e. The minimum absolute atomic E-state index is 0.0215. The molecule has 0 spiro atoms. The summed E-state index contributed by atoms with van der Waals surface area (Å²) in [6.07, 6.45) is 2.93. The minimum Gasteiger partial charge on any atom is -0.497 e. The van der Waals surface area contributed by atoms with Crippen LogP contribution in [-0.4, -0.2) is 31.5 Å². The Bertz CT molecular complexity index is 464. The lowest BCUT2D eigenvalue weighted by molar-refractivity contribution is 0.0935. The molecule has 1 N–H and O–H groups in total. The minimum atomic E-state index is -0.156. The zero-order chi connectivity index (χ0) is 13.8. The van der Waals surface area contributed by atoms with Gasteiger partial charge in [-0.1, -0.05) is 0 Å². The summed E-state index contributed by atoms with van der Waals surface area (Å²) in [5, 5.41) is 2.99. The van der Waals surface area contributed by atoms with Crippen molar-refractivity contribution in [3.63, 3.8) is 0 Å². The van der Waals surface area contributed by atoms with E-state index in [1.807, 2.05) is 0 Å². The molecule has 1 aliphatic rings. The van der Waals surface area contributed by atoms with Crippen molar-refractivity contribution in [1.82, 2.24) is 5.32 Å². The molecule has 5 heteroatoms. The Balaban J connectivity index is 2.14. The van der Waals surface area contributed by atoms with Crippen LogP contribution >= 0.6 is 11.6 Å². The highest BCUT2D eigenvalue weighted by Crippen LogP contribution is 2.27. The molecule has 2 unspecified atom stereocenters. The Kier molecular flexibility index (Phi) is 4.53. The fourth-order valence-electron chi connectivity index (χ4n) is 2.31. The van der Waals surface area contributed by atoms with Crippen molar-refractivity contribution in [2.45, 2.75) is 30.7 Å². The highest BCUT2D eigenvalue weighted by atomic mass is 35.5. The van der Waals surface area contributed by atoms with Crippen molar-refractivity contribution in [2.24, 2.45) is 0 Å². The topological polar surface area (TPSA) is 47.6 Å². The van der Waals surface area contributed by atoms with Crippen LogP contribution in [0.2, 0.25) is 0 Å². The maximum absolute atomic E-state index is 12.2. The summed E-state index contributed by atoms with van der Waals surface area (Å²) < 4.78 is 10.3. The summed E-state index contributed by atoms with van der Waals surface area (Å²) in [6, 6.07) is 5.18. The monoisotopic (exact) mass is 283 g/mol. The van der Waals surface area contributed by atoms with Crippen molar-refractivity contribution in [1.29, 1.82) is 0 Å². The van der Waals surface area contributed by atoms with Gasteiger partial charge in [-0.25, -0.2) is 0 Å². The summed E-state index contributed by atoms with van der Waals surface area (Å²) in [7, 11) is 3.11. The number of carbonyl (C=O) groups excluding carboxylic acids is 1. The molecule has 1 amide bonds. The number of ether oxygens (including phenoxy) is 2. The van der Waals surface area contributed by atoms with E-state index < -0.39 is 0 Å². The van der Waals surface area contributed by atoms with E-state index in [1.165, 1.54) is 7.11 Å². The number of carbonyl (C=O) groups is 1. The van der Waals surface area contributed by atoms with Crippen LogP contribution in [0.4, 0.5) is 0 Å². The number of methoxy groups -OCH3 is 2. The molecule has 1 aromatic carbocycles. The average molecular weight is 284 g/mol. The van der Waals surface area contributed by atoms with Crippen molar-refractivity contribution in [3.8, 4) is 11.5 Å². The number of nitrogens with one attached hydrogen (secondary N) is 1. The Morgan fingerprint density at radius 2 is 2.11 bits per heavy atom. The first-order chi connectivity index (χ1) is 9.15. The number of halogens is 1. The molecule has 1 aliphatic carbocycles. The van der Waals surface area contributed by atoms with Crippen molar-refractivity contribution in [3.05, 3.63) is 23.8 Å². The second-order valence-electron chi connectivity index (χ2n) is 4.59. The predicted molar refractivity (Wildman–Crippen MR) is 74.3 cm³/mol. The van der Waals surface area contributed by atoms with Gasteiger partial charge < -0.3 is 14.8 Å². The van der Waals surface area contributed by atoms with E-state index in [9.17, 15) is 4.79 Å². The molecule has 0 bridgehead atoms. The average Bonchev–Trinajstić information content (AvgIpc) is 2.83. The van der Waals surface area contributed by atoms with Crippen LogP contribution in [0.25, 0.3) is 0 Å². The molecule has 1 saturated carbocycles. The van der Waals surface area contributed by atoms with E-state index in [0.717, 1.165) is 19.3 Å². The van der Waals surface area contributed by atoms with Gasteiger partial charge in [0.2, 0.25) is 0 Å². The first-order valence-electron chi connectivity index (χ1n) is 6.32. The summed E-state index contributed by atoms with van der Waals surface area (Å²) >= 11 is 6.17. The zero-order valence-electron chi connectivity index (χ0n) is 11.1. The molecule has 19 heavy (non-hydrogen) atoms. The Morgan fingerprint density at radius 3 is 2.68 bits per heavy atom. The van der Waals surface area contributed by atoms with Gasteiger partial charge in [0.05, 0.1) is 25.2 Å². The molecule has 4 nitrogen and oxygen atoms in total. The summed E-state index contributed by atoms with van der Waals surface area (Å²) in [5.41, 5.74) is 0.499. The van der Waals surface area contributed by atoms with Crippen LogP contribution in [0, 0.1) is 0 Å². The van der Waals surface area contributed by atoms with E-state index in [0.29, 0.717) is 17.1 Å². The molecule has 2 atom stereocenters. The molecule has 104 valence electrons. The Morgan fingerprint density at radius 1 is 1.32 bits per heavy atom. The molecule has 2 rings (SSSR count). The first kappa shape index (κ1) is 14.0. The van der Waals surface area contributed by atoms with Crippen molar-refractivity contribution >= 4 is 17.5 Å². The van der Waals surface area contributed by atoms with Gasteiger partial charge in [0.15, 0.2) is 0 Å². The van der Waals surface area contributed by atoms with Crippen LogP contribution in [0.15, 0.2) is 18.2 Å². The first-order valence-corrected chi connectivity index (χ1v) is 6.76. The third-order valence-corrected chi connectivity index (χ3v) is 3.92. The van der Waals surface area contributed by atoms with Crippen molar-refractivity contribution in [2.75, 3.05) is 14.2 Å². The highest BCUT2D eigenvalue weighted by Gasteiger charge is 2.27. The third-order valence-electron chi connectivity index (χ3n) is 3.40. The van der Waals surface area contributed by atoms with Crippen molar-refractivity contribution < 1.29 is 14.3 Å². The maximum atomic E-state index is 12.2. The third kappa shape index (κ3) is 3.13. The number of hydrogen-bond donors (Lipinski definition) is 1. The van der Waals surface area contributed by atoms with E-state index in [-0.39, 0.29) is 17.3 Å². The Hall–Kier alpha value is -1.42. The largest absolute Gasteiger partial charge is 0.497 e. The predicted octanol–water partition coefficient (Wildman–Crippen LogP) is 2.59. The lowest BCUT2D eigenvalue weighted by atomic mass is 10.1. The Labute approximate surface area is 118 Å². The summed E-state index contributed by atoms with van der Waals surface area (Å²) in [6.45, 7) is 0. The lowest BCUT2D eigenvalue weighted by Gasteiger charge is -2.17. The normalized spacial score (nSPS) is 22.1. The van der Waals surface area contributed by atoms with E-state index in [4.69, 9.17) is 21.1 Å². The molecule has 1 aromatic rings. The number of alkyl halides is 1. The molecule has 0 saturated heterocycles. The van der Waals surface area contributed by atoms with Crippen LogP contribution in [0.1, 0.15) is 29.6 Å². The van der Waals surface area contributed by atoms with Crippen LogP contribution < -0.4 is 14.8 Å². The van der Waals surface area contributed by atoms with Gasteiger partial charge in [-0.05, 0) is 31.4 Å². The van der Waals surface area contributed by atoms with Gasteiger partial charge in [-0.15, -0.1) is 11.6 Å². The lowest BCUT2D eigenvalue weighted by Crippen LogP contribution is -2.38. The van der Waals surface area contributed by atoms with Gasteiger partial charge >= 0.3 is 0 Å². The second-order valence-corrected chi connectivity index (χ2v) is 5.15. The molecule has 0 heterocycles.